The number of hydrogen-bond donors (Lipinski definition) is 1. The van der Waals surface area contributed by atoms with Crippen molar-refractivity contribution >= 4 is 28.7 Å². The van der Waals surface area contributed by atoms with Crippen LogP contribution in [0.2, 0.25) is 0 Å². The molecule has 0 bridgehead atoms. The van der Waals surface area contributed by atoms with Gasteiger partial charge >= 0.3 is 0 Å². The van der Waals surface area contributed by atoms with E-state index in [4.69, 9.17) is 4.99 Å². The monoisotopic (exact) mass is 286 g/mol. The van der Waals surface area contributed by atoms with Gasteiger partial charge in [-0.15, -0.1) is 0 Å². The molecule has 1 saturated carbocycles. The SMILES string of the molecule is CSCC(C)CN=C1NC2(CCCC(C)C2)CS1. The van der Waals surface area contributed by atoms with E-state index in [1.165, 1.54) is 42.4 Å². The normalized spacial score (nSPS) is 35.9. The van der Waals surface area contributed by atoms with Crippen molar-refractivity contribution in [3.05, 3.63) is 0 Å². The highest BCUT2D eigenvalue weighted by Crippen LogP contribution is 2.38. The fourth-order valence-electron chi connectivity index (χ4n) is 3.07. The highest BCUT2D eigenvalue weighted by atomic mass is 32.2. The summed E-state index contributed by atoms with van der Waals surface area (Å²) in [6.45, 7) is 5.66. The Morgan fingerprint density at radius 2 is 2.44 bits per heavy atom. The van der Waals surface area contributed by atoms with E-state index in [0.717, 1.165) is 12.5 Å². The lowest BCUT2D eigenvalue weighted by Crippen LogP contribution is -2.47. The summed E-state index contributed by atoms with van der Waals surface area (Å²) in [5.41, 5.74) is 0.379. The molecule has 2 fully saturated rings. The quantitative estimate of drug-likeness (QED) is 0.854. The zero-order valence-corrected chi connectivity index (χ0v) is 13.5. The first-order chi connectivity index (χ1) is 8.63. The van der Waals surface area contributed by atoms with Crippen molar-refractivity contribution in [3.63, 3.8) is 0 Å². The van der Waals surface area contributed by atoms with E-state index in [0.29, 0.717) is 11.5 Å². The van der Waals surface area contributed by atoms with Crippen LogP contribution in [0.4, 0.5) is 0 Å². The van der Waals surface area contributed by atoms with Crippen LogP contribution in [0.5, 0.6) is 0 Å². The molecule has 2 rings (SSSR count). The average Bonchev–Trinajstić information content (AvgIpc) is 2.70. The van der Waals surface area contributed by atoms with Crippen LogP contribution < -0.4 is 5.32 Å². The van der Waals surface area contributed by atoms with Crippen LogP contribution in [-0.4, -0.2) is 35.0 Å². The molecule has 0 radical (unpaired) electrons. The molecule has 4 heteroatoms. The predicted octanol–water partition coefficient (Wildman–Crippen LogP) is 3.63. The third-order valence-corrected chi connectivity index (χ3v) is 6.05. The molecule has 1 spiro atoms. The average molecular weight is 287 g/mol. The molecule has 1 aliphatic carbocycles. The molecule has 1 heterocycles. The topological polar surface area (TPSA) is 24.4 Å². The minimum absolute atomic E-state index is 0.379. The third-order valence-electron chi connectivity index (χ3n) is 3.95. The second-order valence-electron chi connectivity index (χ2n) is 6.10. The highest BCUT2D eigenvalue weighted by Gasteiger charge is 2.40. The molecule has 1 aliphatic heterocycles. The number of hydrogen-bond acceptors (Lipinski definition) is 3. The lowest BCUT2D eigenvalue weighted by Gasteiger charge is -2.36. The van der Waals surface area contributed by atoms with Gasteiger partial charge < -0.3 is 5.32 Å². The minimum atomic E-state index is 0.379. The van der Waals surface area contributed by atoms with Gasteiger partial charge in [-0.05, 0) is 36.7 Å². The number of rotatable bonds is 4. The van der Waals surface area contributed by atoms with Gasteiger partial charge in [0.15, 0.2) is 5.17 Å². The molecular weight excluding hydrogens is 260 g/mol. The van der Waals surface area contributed by atoms with E-state index in [9.17, 15) is 0 Å². The molecule has 1 saturated heterocycles. The zero-order chi connectivity index (χ0) is 13.0. The summed E-state index contributed by atoms with van der Waals surface area (Å²) >= 11 is 3.86. The number of aliphatic imine (C=N–C) groups is 1. The Labute approximate surface area is 120 Å². The Balaban J connectivity index is 1.85. The van der Waals surface area contributed by atoms with E-state index in [1.807, 2.05) is 23.5 Å². The van der Waals surface area contributed by atoms with Gasteiger partial charge in [0.1, 0.15) is 0 Å². The molecule has 3 atom stereocenters. The first-order valence-corrected chi connectivity index (χ1v) is 9.46. The molecule has 1 N–H and O–H groups in total. The second-order valence-corrected chi connectivity index (χ2v) is 7.98. The number of nitrogens with zero attached hydrogens (tertiary/aromatic N) is 1. The predicted molar refractivity (Wildman–Crippen MR) is 85.8 cm³/mol. The summed E-state index contributed by atoms with van der Waals surface area (Å²) in [5, 5.41) is 4.95. The van der Waals surface area contributed by atoms with E-state index >= 15 is 0 Å². The first-order valence-electron chi connectivity index (χ1n) is 7.08. The van der Waals surface area contributed by atoms with Crippen LogP contribution in [0.1, 0.15) is 39.5 Å². The van der Waals surface area contributed by atoms with Crippen molar-refractivity contribution in [1.29, 1.82) is 0 Å². The van der Waals surface area contributed by atoms with Crippen molar-refractivity contribution < 1.29 is 0 Å². The van der Waals surface area contributed by atoms with Crippen molar-refractivity contribution in [2.45, 2.75) is 45.1 Å². The van der Waals surface area contributed by atoms with Gasteiger partial charge in [0.2, 0.25) is 0 Å². The fourth-order valence-corrected chi connectivity index (χ4v) is 4.95. The van der Waals surface area contributed by atoms with E-state index in [1.54, 1.807) is 0 Å². The number of thioether (sulfide) groups is 2. The van der Waals surface area contributed by atoms with Gasteiger partial charge in [-0.2, -0.15) is 11.8 Å². The molecule has 3 unspecified atom stereocenters. The first kappa shape index (κ1) is 14.6. The Morgan fingerprint density at radius 3 is 3.17 bits per heavy atom. The Kier molecular flexibility index (Phi) is 5.31. The summed E-state index contributed by atoms with van der Waals surface area (Å²) in [6.07, 6.45) is 7.63. The van der Waals surface area contributed by atoms with Crippen molar-refractivity contribution in [3.8, 4) is 0 Å². The van der Waals surface area contributed by atoms with Gasteiger partial charge in [0.05, 0.1) is 0 Å². The number of amidine groups is 1. The van der Waals surface area contributed by atoms with Gasteiger partial charge in [0, 0.05) is 17.8 Å². The standard InChI is InChI=1S/C14H26N2S2/c1-11-5-4-6-14(7-11)10-18-13(16-14)15-8-12(2)9-17-3/h11-12H,4-10H2,1-3H3,(H,15,16). The Morgan fingerprint density at radius 1 is 1.61 bits per heavy atom. The fraction of sp³-hybridized carbons (Fsp3) is 0.929. The summed E-state index contributed by atoms with van der Waals surface area (Å²) in [4.78, 5) is 4.77. The van der Waals surface area contributed by atoms with Gasteiger partial charge in [-0.3, -0.25) is 4.99 Å². The van der Waals surface area contributed by atoms with Crippen LogP contribution >= 0.6 is 23.5 Å². The third kappa shape index (κ3) is 3.83. The van der Waals surface area contributed by atoms with E-state index in [2.05, 4.69) is 25.4 Å². The number of nitrogens with one attached hydrogen (secondary N) is 1. The van der Waals surface area contributed by atoms with E-state index in [-0.39, 0.29) is 0 Å². The summed E-state index contributed by atoms with van der Waals surface area (Å²) < 4.78 is 0. The second kappa shape index (κ2) is 6.56. The lowest BCUT2D eigenvalue weighted by atomic mass is 9.78. The van der Waals surface area contributed by atoms with Gasteiger partial charge in [-0.25, -0.2) is 0 Å². The summed E-state index contributed by atoms with van der Waals surface area (Å²) in [5.74, 6) is 4.01. The molecule has 0 aromatic heterocycles. The molecule has 0 aromatic rings. The lowest BCUT2D eigenvalue weighted by molar-refractivity contribution is 0.242. The van der Waals surface area contributed by atoms with Crippen LogP contribution in [0, 0.1) is 11.8 Å². The van der Waals surface area contributed by atoms with Crippen molar-refractivity contribution in [2.75, 3.05) is 24.3 Å². The Bertz CT molecular complexity index is 306. The van der Waals surface area contributed by atoms with Crippen LogP contribution in [0.15, 0.2) is 4.99 Å². The van der Waals surface area contributed by atoms with Crippen molar-refractivity contribution in [2.24, 2.45) is 16.8 Å². The zero-order valence-electron chi connectivity index (χ0n) is 11.9. The van der Waals surface area contributed by atoms with Crippen LogP contribution in [0.3, 0.4) is 0 Å². The summed E-state index contributed by atoms with van der Waals surface area (Å²) in [7, 11) is 0. The largest absolute Gasteiger partial charge is 0.359 e. The van der Waals surface area contributed by atoms with Gasteiger partial charge in [0.25, 0.3) is 0 Å². The molecule has 18 heavy (non-hydrogen) atoms. The highest BCUT2D eigenvalue weighted by molar-refractivity contribution is 8.14. The molecule has 0 amide bonds. The molecule has 0 aromatic carbocycles. The molecule has 104 valence electrons. The van der Waals surface area contributed by atoms with Crippen LogP contribution in [-0.2, 0) is 0 Å². The van der Waals surface area contributed by atoms with Gasteiger partial charge in [-0.1, -0.05) is 38.5 Å². The van der Waals surface area contributed by atoms with Crippen molar-refractivity contribution in [1.82, 2.24) is 5.32 Å². The maximum Gasteiger partial charge on any atom is 0.157 e. The maximum absolute atomic E-state index is 4.77. The molecular formula is C14H26N2S2. The minimum Gasteiger partial charge on any atom is -0.359 e. The molecule has 2 aliphatic rings. The Hall–Kier alpha value is 0.170. The maximum atomic E-state index is 4.77. The molecule has 2 nitrogen and oxygen atoms in total. The van der Waals surface area contributed by atoms with Crippen LogP contribution in [0.25, 0.3) is 0 Å². The summed E-state index contributed by atoms with van der Waals surface area (Å²) in [6, 6.07) is 0. The smallest absolute Gasteiger partial charge is 0.157 e. The van der Waals surface area contributed by atoms with E-state index < -0.39 is 0 Å².